The first-order valence-electron chi connectivity index (χ1n) is 5.93. The lowest BCUT2D eigenvalue weighted by molar-refractivity contribution is -0.0497. The van der Waals surface area contributed by atoms with Gasteiger partial charge in [-0.25, -0.2) is 0 Å². The Morgan fingerprint density at radius 1 is 1.19 bits per heavy atom. The number of aromatic nitrogens is 2. The molecular weight excluding hydrogens is 323 g/mol. The van der Waals surface area contributed by atoms with Crippen LogP contribution in [0.15, 0.2) is 30.7 Å². The van der Waals surface area contributed by atoms with Gasteiger partial charge in [-0.2, -0.15) is 8.78 Å². The van der Waals surface area contributed by atoms with Crippen molar-refractivity contribution < 1.29 is 13.5 Å². The molecule has 2 rings (SSSR count). The van der Waals surface area contributed by atoms with Gasteiger partial charge in [-0.1, -0.05) is 23.2 Å². The van der Waals surface area contributed by atoms with Crippen LogP contribution in [0.5, 0.6) is 5.75 Å². The minimum Gasteiger partial charge on any atom is -0.432 e. The Bertz CT molecular complexity index is 591. The molecule has 112 valence electrons. The number of benzene rings is 1. The lowest BCUT2D eigenvalue weighted by Gasteiger charge is -2.16. The molecule has 1 aromatic heterocycles. The summed E-state index contributed by atoms with van der Waals surface area (Å²) in [5, 5.41) is 3.10. The molecule has 0 amide bonds. The van der Waals surface area contributed by atoms with Gasteiger partial charge in [-0.3, -0.25) is 9.97 Å². The summed E-state index contributed by atoms with van der Waals surface area (Å²) in [5.74, 6) is -0.244. The molecule has 0 aliphatic rings. The van der Waals surface area contributed by atoms with Gasteiger partial charge in [0.1, 0.15) is 0 Å². The van der Waals surface area contributed by atoms with E-state index in [9.17, 15) is 8.78 Å². The third-order valence-corrected chi connectivity index (χ3v) is 3.18. The van der Waals surface area contributed by atoms with Crippen LogP contribution in [0.1, 0.15) is 18.7 Å². The Morgan fingerprint density at radius 2 is 1.86 bits per heavy atom. The Kier molecular flexibility index (Phi) is 5.14. The highest BCUT2D eigenvalue weighted by molar-refractivity contribution is 6.37. The number of rotatable bonds is 5. The van der Waals surface area contributed by atoms with Gasteiger partial charge >= 0.3 is 6.61 Å². The Hall–Kier alpha value is -1.66. The molecule has 21 heavy (non-hydrogen) atoms. The zero-order valence-corrected chi connectivity index (χ0v) is 12.4. The molecular formula is C13H11Cl2F2N3O. The van der Waals surface area contributed by atoms with Crippen molar-refractivity contribution in [2.75, 3.05) is 5.32 Å². The van der Waals surface area contributed by atoms with Gasteiger partial charge in [0.15, 0.2) is 5.75 Å². The molecule has 0 bridgehead atoms. The fraction of sp³-hybridized carbons (Fsp3) is 0.231. The van der Waals surface area contributed by atoms with Crippen molar-refractivity contribution in [2.45, 2.75) is 19.6 Å². The third-order valence-electron chi connectivity index (χ3n) is 2.62. The van der Waals surface area contributed by atoms with Gasteiger partial charge in [0.2, 0.25) is 0 Å². The maximum absolute atomic E-state index is 12.2. The van der Waals surface area contributed by atoms with Crippen LogP contribution in [-0.2, 0) is 0 Å². The highest BCUT2D eigenvalue weighted by Crippen LogP contribution is 2.37. The molecule has 4 nitrogen and oxygen atoms in total. The molecule has 0 aliphatic carbocycles. The second kappa shape index (κ2) is 6.87. The van der Waals surface area contributed by atoms with E-state index in [1.807, 2.05) is 6.92 Å². The number of hydrogen-bond acceptors (Lipinski definition) is 4. The first-order chi connectivity index (χ1) is 9.97. The average molecular weight is 334 g/mol. The second-order valence-corrected chi connectivity index (χ2v) is 4.96. The fourth-order valence-corrected chi connectivity index (χ4v) is 2.28. The van der Waals surface area contributed by atoms with Crippen molar-refractivity contribution in [2.24, 2.45) is 0 Å². The Balaban J connectivity index is 2.18. The molecule has 1 heterocycles. The summed E-state index contributed by atoms with van der Waals surface area (Å²) in [5.41, 5.74) is 1.28. The SMILES string of the molecule is CC(Nc1cc(Cl)c(OC(F)F)c(Cl)c1)c1cnccn1. The van der Waals surface area contributed by atoms with Crippen LogP contribution in [-0.4, -0.2) is 16.6 Å². The molecule has 1 aromatic carbocycles. The molecule has 8 heteroatoms. The van der Waals surface area contributed by atoms with Crippen molar-refractivity contribution in [3.63, 3.8) is 0 Å². The lowest BCUT2D eigenvalue weighted by atomic mass is 10.2. The van der Waals surface area contributed by atoms with Gasteiger partial charge in [-0.15, -0.1) is 0 Å². The normalized spacial score (nSPS) is 12.3. The van der Waals surface area contributed by atoms with Crippen LogP contribution in [0.25, 0.3) is 0 Å². The quantitative estimate of drug-likeness (QED) is 0.871. The number of nitrogens with zero attached hydrogens (tertiary/aromatic N) is 2. The number of alkyl halides is 2. The van der Waals surface area contributed by atoms with Crippen molar-refractivity contribution in [3.05, 3.63) is 46.5 Å². The van der Waals surface area contributed by atoms with Crippen LogP contribution < -0.4 is 10.1 Å². The van der Waals surface area contributed by atoms with Gasteiger partial charge in [-0.05, 0) is 19.1 Å². The molecule has 0 spiro atoms. The summed E-state index contributed by atoms with van der Waals surface area (Å²) in [6.07, 6.45) is 4.77. The standard InChI is InChI=1S/C13H11Cl2F2N3O/c1-7(11-6-18-2-3-19-11)20-8-4-9(14)12(10(15)5-8)21-13(16)17/h2-7,13,20H,1H3. The number of anilines is 1. The molecule has 0 saturated heterocycles. The van der Waals surface area contributed by atoms with E-state index < -0.39 is 6.61 Å². The Morgan fingerprint density at radius 3 is 2.38 bits per heavy atom. The zero-order valence-electron chi connectivity index (χ0n) is 10.9. The average Bonchev–Trinajstić information content (AvgIpc) is 2.43. The van der Waals surface area contributed by atoms with E-state index in [2.05, 4.69) is 20.0 Å². The van der Waals surface area contributed by atoms with Gasteiger partial charge in [0.05, 0.1) is 28.0 Å². The number of halogens is 4. The maximum atomic E-state index is 12.2. The van der Waals surface area contributed by atoms with Crippen molar-refractivity contribution in [1.29, 1.82) is 0 Å². The largest absolute Gasteiger partial charge is 0.432 e. The second-order valence-electron chi connectivity index (χ2n) is 4.14. The van der Waals surface area contributed by atoms with Crippen LogP contribution in [0.3, 0.4) is 0 Å². The highest BCUT2D eigenvalue weighted by atomic mass is 35.5. The molecule has 2 aromatic rings. The summed E-state index contributed by atoms with van der Waals surface area (Å²) in [7, 11) is 0. The van der Waals surface area contributed by atoms with Gasteiger partial charge < -0.3 is 10.1 Å². The Labute approximate surface area is 130 Å². The summed E-state index contributed by atoms with van der Waals surface area (Å²) >= 11 is 11.8. The van der Waals surface area contributed by atoms with Gasteiger partial charge in [0, 0.05) is 18.1 Å². The van der Waals surface area contributed by atoms with Crippen LogP contribution in [0.4, 0.5) is 14.5 Å². The minimum absolute atomic E-state index is 0.00311. The van der Waals surface area contributed by atoms with E-state index in [0.717, 1.165) is 5.69 Å². The number of nitrogens with one attached hydrogen (secondary N) is 1. The lowest BCUT2D eigenvalue weighted by Crippen LogP contribution is -2.09. The molecule has 1 N–H and O–H groups in total. The van der Waals surface area contributed by atoms with E-state index in [-0.39, 0.29) is 21.8 Å². The number of hydrogen-bond donors (Lipinski definition) is 1. The van der Waals surface area contributed by atoms with Gasteiger partial charge in [0.25, 0.3) is 0 Å². The molecule has 0 saturated carbocycles. The van der Waals surface area contributed by atoms with E-state index in [1.54, 1.807) is 18.6 Å². The van der Waals surface area contributed by atoms with E-state index >= 15 is 0 Å². The fourth-order valence-electron chi connectivity index (χ4n) is 1.70. The predicted molar refractivity (Wildman–Crippen MR) is 77.2 cm³/mol. The maximum Gasteiger partial charge on any atom is 0.387 e. The van der Waals surface area contributed by atoms with Crippen LogP contribution >= 0.6 is 23.2 Å². The summed E-state index contributed by atoms with van der Waals surface area (Å²) < 4.78 is 28.8. The van der Waals surface area contributed by atoms with Crippen molar-refractivity contribution >= 4 is 28.9 Å². The summed E-state index contributed by atoms with van der Waals surface area (Å²) in [4.78, 5) is 8.13. The van der Waals surface area contributed by atoms with Crippen molar-refractivity contribution in [1.82, 2.24) is 9.97 Å². The van der Waals surface area contributed by atoms with Crippen LogP contribution in [0, 0.1) is 0 Å². The van der Waals surface area contributed by atoms with E-state index in [0.29, 0.717) is 5.69 Å². The number of ether oxygens (including phenoxy) is 1. The first kappa shape index (κ1) is 15.7. The molecule has 0 aliphatic heterocycles. The molecule has 1 atom stereocenters. The van der Waals surface area contributed by atoms with E-state index in [1.165, 1.54) is 12.1 Å². The van der Waals surface area contributed by atoms with E-state index in [4.69, 9.17) is 23.2 Å². The monoisotopic (exact) mass is 333 g/mol. The molecule has 1 unspecified atom stereocenters. The third kappa shape index (κ3) is 4.15. The smallest absolute Gasteiger partial charge is 0.387 e. The van der Waals surface area contributed by atoms with Crippen LogP contribution in [0.2, 0.25) is 10.0 Å². The topological polar surface area (TPSA) is 47.0 Å². The molecule has 0 radical (unpaired) electrons. The summed E-state index contributed by atoms with van der Waals surface area (Å²) in [6, 6.07) is 2.75. The molecule has 0 fully saturated rings. The summed E-state index contributed by atoms with van der Waals surface area (Å²) in [6.45, 7) is -1.12. The first-order valence-corrected chi connectivity index (χ1v) is 6.69. The highest BCUT2D eigenvalue weighted by Gasteiger charge is 2.15. The minimum atomic E-state index is -2.99. The predicted octanol–water partition coefficient (Wildman–Crippen LogP) is 4.56. The van der Waals surface area contributed by atoms with Crippen molar-refractivity contribution in [3.8, 4) is 5.75 Å². The zero-order chi connectivity index (χ0) is 15.4.